The molecule has 0 aliphatic rings. The van der Waals surface area contributed by atoms with Gasteiger partial charge in [-0.1, -0.05) is 15.9 Å². The van der Waals surface area contributed by atoms with Crippen LogP contribution in [0.5, 0.6) is 0 Å². The number of hydrogen-bond donors (Lipinski definition) is 3. The Hall–Kier alpha value is -2.72. The molecular formula is C17H16BrN3O5S. The van der Waals surface area contributed by atoms with Crippen molar-refractivity contribution in [3.63, 3.8) is 0 Å². The summed E-state index contributed by atoms with van der Waals surface area (Å²) in [5, 5.41) is 6.77. The number of carbonyl (C=O) groups is 4. The van der Waals surface area contributed by atoms with Crippen molar-refractivity contribution < 1.29 is 23.9 Å². The Bertz CT molecular complexity index is 866. The number of carbonyl (C=O) groups excluding carboxylic acids is 4. The van der Waals surface area contributed by atoms with Gasteiger partial charge in [-0.25, -0.2) is 0 Å². The molecule has 4 N–H and O–H groups in total. The zero-order valence-electron chi connectivity index (χ0n) is 14.2. The molecule has 27 heavy (non-hydrogen) atoms. The van der Waals surface area contributed by atoms with E-state index in [1.54, 1.807) is 29.6 Å². The molecule has 0 bridgehead atoms. The summed E-state index contributed by atoms with van der Waals surface area (Å²) >= 11 is 4.38. The van der Waals surface area contributed by atoms with Crippen LogP contribution >= 0.6 is 27.3 Å². The van der Waals surface area contributed by atoms with E-state index in [4.69, 9.17) is 10.5 Å². The van der Waals surface area contributed by atoms with Gasteiger partial charge in [-0.2, -0.15) is 0 Å². The number of ether oxygens (including phenoxy) is 1. The third-order valence-electron chi connectivity index (χ3n) is 3.34. The standard InChI is InChI=1S/C17H16BrN3O5S/c1-9(15(24)21-17-12(14(19)23)6-7-27-17)26-13(22)8-20-16(25)10-2-4-11(18)5-3-10/h2-7,9H,8H2,1H3,(H2,19,23)(H,20,25)(H,21,24). The Balaban J connectivity index is 1.83. The number of nitrogens with one attached hydrogen (secondary N) is 2. The molecular weight excluding hydrogens is 438 g/mol. The molecule has 1 aromatic heterocycles. The van der Waals surface area contributed by atoms with Gasteiger partial charge in [-0.15, -0.1) is 11.3 Å². The Morgan fingerprint density at radius 2 is 1.85 bits per heavy atom. The maximum absolute atomic E-state index is 12.1. The number of halogens is 1. The van der Waals surface area contributed by atoms with Gasteiger partial charge in [0.15, 0.2) is 6.10 Å². The van der Waals surface area contributed by atoms with E-state index in [1.807, 2.05) is 0 Å². The second-order valence-corrected chi connectivity index (χ2v) is 7.17. The highest BCUT2D eigenvalue weighted by Gasteiger charge is 2.21. The van der Waals surface area contributed by atoms with Crippen LogP contribution in [0.25, 0.3) is 0 Å². The van der Waals surface area contributed by atoms with Crippen LogP contribution in [-0.4, -0.2) is 36.3 Å². The minimum absolute atomic E-state index is 0.175. The molecule has 0 aliphatic carbocycles. The zero-order valence-corrected chi connectivity index (χ0v) is 16.6. The van der Waals surface area contributed by atoms with Crippen molar-refractivity contribution in [2.75, 3.05) is 11.9 Å². The average molecular weight is 454 g/mol. The SMILES string of the molecule is CC(OC(=O)CNC(=O)c1ccc(Br)cc1)C(=O)Nc1sccc1C(N)=O. The largest absolute Gasteiger partial charge is 0.451 e. The van der Waals surface area contributed by atoms with Crippen molar-refractivity contribution in [3.8, 4) is 0 Å². The summed E-state index contributed by atoms with van der Waals surface area (Å²) in [4.78, 5) is 47.1. The van der Waals surface area contributed by atoms with Crippen LogP contribution in [0.1, 0.15) is 27.6 Å². The van der Waals surface area contributed by atoms with Gasteiger partial charge < -0.3 is 21.1 Å². The van der Waals surface area contributed by atoms with Crippen LogP contribution in [0.2, 0.25) is 0 Å². The molecule has 0 spiro atoms. The number of primary amides is 1. The number of esters is 1. The van der Waals surface area contributed by atoms with Gasteiger partial charge in [0.25, 0.3) is 17.7 Å². The van der Waals surface area contributed by atoms with Crippen LogP contribution in [0.3, 0.4) is 0 Å². The Morgan fingerprint density at radius 1 is 1.19 bits per heavy atom. The van der Waals surface area contributed by atoms with Gasteiger partial charge in [-0.05, 0) is 42.6 Å². The number of rotatable bonds is 7. The lowest BCUT2D eigenvalue weighted by Gasteiger charge is -2.13. The highest BCUT2D eigenvalue weighted by Crippen LogP contribution is 2.22. The number of hydrogen-bond acceptors (Lipinski definition) is 6. The first-order valence-electron chi connectivity index (χ1n) is 7.69. The number of anilines is 1. The van der Waals surface area contributed by atoms with E-state index < -0.39 is 36.3 Å². The van der Waals surface area contributed by atoms with E-state index >= 15 is 0 Å². The summed E-state index contributed by atoms with van der Waals surface area (Å²) < 4.78 is 5.80. The van der Waals surface area contributed by atoms with E-state index in [9.17, 15) is 19.2 Å². The van der Waals surface area contributed by atoms with Crippen molar-refractivity contribution in [3.05, 3.63) is 51.3 Å². The van der Waals surface area contributed by atoms with E-state index in [-0.39, 0.29) is 10.6 Å². The summed E-state index contributed by atoms with van der Waals surface area (Å²) in [7, 11) is 0. The van der Waals surface area contributed by atoms with Crippen molar-refractivity contribution >= 4 is 56.0 Å². The van der Waals surface area contributed by atoms with Gasteiger partial charge >= 0.3 is 5.97 Å². The molecule has 3 amide bonds. The quantitative estimate of drug-likeness (QED) is 0.551. The molecule has 0 aliphatic heterocycles. The average Bonchev–Trinajstić information content (AvgIpc) is 3.08. The molecule has 1 aromatic carbocycles. The summed E-state index contributed by atoms with van der Waals surface area (Å²) in [6.45, 7) is 0.985. The number of benzene rings is 1. The van der Waals surface area contributed by atoms with Gasteiger partial charge in [0.05, 0.1) is 5.56 Å². The lowest BCUT2D eigenvalue weighted by atomic mass is 10.2. The van der Waals surface area contributed by atoms with E-state index in [0.29, 0.717) is 5.56 Å². The van der Waals surface area contributed by atoms with Gasteiger partial charge in [-0.3, -0.25) is 19.2 Å². The molecule has 0 saturated heterocycles. The maximum atomic E-state index is 12.1. The molecule has 0 fully saturated rings. The zero-order chi connectivity index (χ0) is 20.0. The molecule has 0 saturated carbocycles. The molecule has 142 valence electrons. The molecule has 1 unspecified atom stereocenters. The highest BCUT2D eigenvalue weighted by atomic mass is 79.9. The fourth-order valence-electron chi connectivity index (χ4n) is 1.96. The minimum atomic E-state index is -1.12. The smallest absolute Gasteiger partial charge is 0.326 e. The fraction of sp³-hybridized carbons (Fsp3) is 0.176. The van der Waals surface area contributed by atoms with Crippen LogP contribution in [-0.2, 0) is 14.3 Å². The second-order valence-electron chi connectivity index (χ2n) is 5.34. The third-order valence-corrected chi connectivity index (χ3v) is 4.70. The number of thiophene rings is 1. The van der Waals surface area contributed by atoms with Crippen molar-refractivity contribution in [2.24, 2.45) is 5.73 Å². The lowest BCUT2D eigenvalue weighted by Crippen LogP contribution is -2.36. The Kier molecular flexibility index (Phi) is 7.08. The second kappa shape index (κ2) is 9.28. The topological polar surface area (TPSA) is 128 Å². The summed E-state index contributed by atoms with van der Waals surface area (Å²) in [6, 6.07) is 8.07. The molecule has 0 radical (unpaired) electrons. The normalized spacial score (nSPS) is 11.3. The molecule has 2 rings (SSSR count). The van der Waals surface area contributed by atoms with Gasteiger partial charge in [0, 0.05) is 10.0 Å². The van der Waals surface area contributed by atoms with Crippen LogP contribution in [0.15, 0.2) is 40.2 Å². The van der Waals surface area contributed by atoms with Crippen molar-refractivity contribution in [2.45, 2.75) is 13.0 Å². The van der Waals surface area contributed by atoms with Gasteiger partial charge in [0.1, 0.15) is 11.5 Å². The summed E-state index contributed by atoms with van der Waals surface area (Å²) in [5.74, 6) is -2.51. The van der Waals surface area contributed by atoms with Gasteiger partial charge in [0.2, 0.25) is 0 Å². The maximum Gasteiger partial charge on any atom is 0.326 e. The first-order chi connectivity index (χ1) is 12.8. The Labute approximate surface area is 167 Å². The van der Waals surface area contributed by atoms with Crippen molar-refractivity contribution in [1.29, 1.82) is 0 Å². The molecule has 1 heterocycles. The van der Waals surface area contributed by atoms with Crippen LogP contribution in [0, 0.1) is 0 Å². The predicted molar refractivity (Wildman–Crippen MR) is 103 cm³/mol. The first kappa shape index (κ1) is 20.6. The predicted octanol–water partition coefficient (Wildman–Crippen LogP) is 1.91. The number of amides is 3. The highest BCUT2D eigenvalue weighted by molar-refractivity contribution is 9.10. The molecule has 1 atom stereocenters. The fourth-order valence-corrected chi connectivity index (χ4v) is 3.02. The Morgan fingerprint density at radius 3 is 2.48 bits per heavy atom. The van der Waals surface area contributed by atoms with E-state index in [0.717, 1.165) is 15.8 Å². The number of nitrogens with two attached hydrogens (primary N) is 1. The third kappa shape index (κ3) is 5.90. The summed E-state index contributed by atoms with van der Waals surface area (Å²) in [5.41, 5.74) is 5.76. The minimum Gasteiger partial charge on any atom is -0.451 e. The van der Waals surface area contributed by atoms with E-state index in [1.165, 1.54) is 13.0 Å². The van der Waals surface area contributed by atoms with E-state index in [2.05, 4.69) is 26.6 Å². The lowest BCUT2D eigenvalue weighted by molar-refractivity contribution is -0.152. The molecule has 2 aromatic rings. The monoisotopic (exact) mass is 453 g/mol. The first-order valence-corrected chi connectivity index (χ1v) is 9.36. The van der Waals surface area contributed by atoms with Crippen molar-refractivity contribution in [1.82, 2.24) is 5.32 Å². The van der Waals surface area contributed by atoms with Crippen LogP contribution in [0.4, 0.5) is 5.00 Å². The van der Waals surface area contributed by atoms with Crippen LogP contribution < -0.4 is 16.4 Å². The molecule has 8 nitrogen and oxygen atoms in total. The summed E-state index contributed by atoms with van der Waals surface area (Å²) in [6.07, 6.45) is -1.12. The molecule has 10 heteroatoms.